The number of benzene rings is 2. The SMILES string of the molecule is Cn1cnc2c(=O)oc3ccc(S(=O)(=O)N4CCN(c5ccc([N+](=O)[O-])cc5)CC4)cc3c21. The molecule has 0 atom stereocenters. The predicted molar refractivity (Wildman–Crippen MR) is 121 cm³/mol. The topological polar surface area (TPSA) is 132 Å². The highest BCUT2D eigenvalue weighted by atomic mass is 32.2. The van der Waals surface area contributed by atoms with Crippen LogP contribution in [-0.2, 0) is 17.1 Å². The molecule has 0 N–H and O–H groups in total. The molecule has 2 aromatic heterocycles. The van der Waals surface area contributed by atoms with E-state index in [1.807, 2.05) is 4.90 Å². The molecule has 33 heavy (non-hydrogen) atoms. The number of aryl methyl sites for hydroxylation is 1. The first kappa shape index (κ1) is 21.1. The van der Waals surface area contributed by atoms with Crippen molar-refractivity contribution in [2.24, 2.45) is 7.05 Å². The third-order valence-corrected chi connectivity index (χ3v) is 7.74. The van der Waals surface area contributed by atoms with E-state index in [2.05, 4.69) is 4.98 Å². The monoisotopic (exact) mass is 469 g/mol. The van der Waals surface area contributed by atoms with Crippen molar-refractivity contribution in [1.29, 1.82) is 0 Å². The fourth-order valence-corrected chi connectivity index (χ4v) is 5.56. The lowest BCUT2D eigenvalue weighted by Gasteiger charge is -2.35. The lowest BCUT2D eigenvalue weighted by Crippen LogP contribution is -2.48. The largest absolute Gasteiger partial charge is 0.421 e. The van der Waals surface area contributed by atoms with Crippen molar-refractivity contribution in [1.82, 2.24) is 13.9 Å². The molecule has 1 aliphatic rings. The first-order valence-electron chi connectivity index (χ1n) is 10.1. The molecule has 0 bridgehead atoms. The van der Waals surface area contributed by atoms with Crippen LogP contribution in [0.1, 0.15) is 0 Å². The number of aromatic nitrogens is 2. The van der Waals surface area contributed by atoms with E-state index in [9.17, 15) is 23.3 Å². The minimum atomic E-state index is -3.78. The Bertz CT molecular complexity index is 1550. The summed E-state index contributed by atoms with van der Waals surface area (Å²) in [5.41, 5.74) is 1.19. The van der Waals surface area contributed by atoms with Gasteiger partial charge in [0.25, 0.3) is 5.69 Å². The van der Waals surface area contributed by atoms with Crippen LogP contribution < -0.4 is 10.5 Å². The van der Waals surface area contributed by atoms with E-state index in [0.717, 1.165) is 5.69 Å². The number of nitro groups is 1. The number of sulfonamides is 1. The van der Waals surface area contributed by atoms with Gasteiger partial charge in [0, 0.05) is 56.4 Å². The van der Waals surface area contributed by atoms with Gasteiger partial charge in [-0.25, -0.2) is 18.2 Å². The normalized spacial score (nSPS) is 15.4. The van der Waals surface area contributed by atoms with Gasteiger partial charge in [0.2, 0.25) is 10.0 Å². The second kappa shape index (κ2) is 7.67. The standard InChI is InChI=1S/C21H19N5O6S/c1-23-13-22-19-20(23)17-12-16(6-7-18(17)32-21(19)27)33(30,31)25-10-8-24(9-11-25)14-2-4-15(5-3-14)26(28)29/h2-7,12-13H,8-11H2,1H3. The molecule has 3 heterocycles. The first-order valence-corrected chi connectivity index (χ1v) is 11.6. The third-order valence-electron chi connectivity index (χ3n) is 5.84. The second-order valence-corrected chi connectivity index (χ2v) is 9.70. The molecular formula is C21H19N5O6S. The van der Waals surface area contributed by atoms with Gasteiger partial charge in [0.15, 0.2) is 5.52 Å². The van der Waals surface area contributed by atoms with Crippen molar-refractivity contribution in [3.63, 3.8) is 0 Å². The highest BCUT2D eigenvalue weighted by molar-refractivity contribution is 7.89. The summed E-state index contributed by atoms with van der Waals surface area (Å²) in [6.45, 7) is 1.43. The van der Waals surface area contributed by atoms with Crippen molar-refractivity contribution in [3.8, 4) is 0 Å². The minimum Gasteiger partial charge on any atom is -0.421 e. The molecule has 12 heteroatoms. The number of non-ortho nitro benzene ring substituents is 1. The summed E-state index contributed by atoms with van der Waals surface area (Å²) in [6.07, 6.45) is 1.49. The fraction of sp³-hybridized carbons (Fsp3) is 0.238. The average Bonchev–Trinajstić information content (AvgIpc) is 3.21. The molecule has 0 saturated carbocycles. The maximum atomic E-state index is 13.3. The maximum absolute atomic E-state index is 13.3. The number of anilines is 1. The van der Waals surface area contributed by atoms with Crippen LogP contribution in [0.5, 0.6) is 0 Å². The van der Waals surface area contributed by atoms with E-state index in [1.54, 1.807) is 23.7 Å². The summed E-state index contributed by atoms with van der Waals surface area (Å²) in [7, 11) is -2.05. The highest BCUT2D eigenvalue weighted by Crippen LogP contribution is 2.28. The number of piperazine rings is 1. The Balaban J connectivity index is 1.42. The molecule has 0 amide bonds. The second-order valence-electron chi connectivity index (χ2n) is 7.76. The van der Waals surface area contributed by atoms with Crippen molar-refractivity contribution in [2.45, 2.75) is 4.90 Å². The third kappa shape index (κ3) is 3.52. The van der Waals surface area contributed by atoms with Gasteiger partial charge in [-0.3, -0.25) is 10.1 Å². The Hall–Kier alpha value is -3.77. The summed E-state index contributed by atoms with van der Waals surface area (Å²) < 4.78 is 35.0. The van der Waals surface area contributed by atoms with Crippen LogP contribution in [0.3, 0.4) is 0 Å². The lowest BCUT2D eigenvalue weighted by molar-refractivity contribution is -0.384. The molecule has 0 spiro atoms. The van der Waals surface area contributed by atoms with Crippen LogP contribution in [0.2, 0.25) is 0 Å². The first-order chi connectivity index (χ1) is 15.8. The summed E-state index contributed by atoms with van der Waals surface area (Å²) in [5, 5.41) is 11.3. The quantitative estimate of drug-likeness (QED) is 0.252. The molecule has 11 nitrogen and oxygen atoms in total. The molecule has 0 aliphatic carbocycles. The van der Waals surface area contributed by atoms with Crippen LogP contribution in [0.15, 0.2) is 62.9 Å². The van der Waals surface area contributed by atoms with Crippen LogP contribution in [-0.4, -0.2) is 53.4 Å². The number of imidazole rings is 1. The average molecular weight is 469 g/mol. The Morgan fingerprint density at radius 1 is 1.06 bits per heavy atom. The van der Waals surface area contributed by atoms with Crippen LogP contribution in [0, 0.1) is 10.1 Å². The van der Waals surface area contributed by atoms with Gasteiger partial charge in [-0.1, -0.05) is 0 Å². The van der Waals surface area contributed by atoms with Crippen molar-refractivity contribution in [2.75, 3.05) is 31.1 Å². The number of nitrogens with zero attached hydrogens (tertiary/aromatic N) is 5. The van der Waals surface area contributed by atoms with Gasteiger partial charge in [-0.15, -0.1) is 0 Å². The Morgan fingerprint density at radius 2 is 1.76 bits per heavy atom. The molecule has 0 radical (unpaired) electrons. The summed E-state index contributed by atoms with van der Waals surface area (Å²) in [5.74, 6) is 0. The van der Waals surface area contributed by atoms with Crippen molar-refractivity contribution >= 4 is 43.4 Å². The minimum absolute atomic E-state index is 0.00892. The lowest BCUT2D eigenvalue weighted by atomic mass is 10.2. The van der Waals surface area contributed by atoms with Crippen LogP contribution >= 0.6 is 0 Å². The summed E-state index contributed by atoms with van der Waals surface area (Å²) in [6, 6.07) is 10.6. The van der Waals surface area contributed by atoms with E-state index in [1.165, 1.54) is 41.0 Å². The summed E-state index contributed by atoms with van der Waals surface area (Å²) >= 11 is 0. The summed E-state index contributed by atoms with van der Waals surface area (Å²) in [4.78, 5) is 28.7. The van der Waals surface area contributed by atoms with E-state index < -0.39 is 20.6 Å². The number of rotatable bonds is 4. The number of fused-ring (bicyclic) bond motifs is 3. The molecule has 2 aromatic carbocycles. The van der Waals surface area contributed by atoms with Crippen LogP contribution in [0.25, 0.3) is 22.0 Å². The zero-order valence-corrected chi connectivity index (χ0v) is 18.4. The molecule has 1 aliphatic heterocycles. The van der Waals surface area contributed by atoms with Crippen LogP contribution in [0.4, 0.5) is 11.4 Å². The number of hydrogen-bond donors (Lipinski definition) is 0. The molecule has 170 valence electrons. The molecular weight excluding hydrogens is 450 g/mol. The van der Waals surface area contributed by atoms with E-state index in [-0.39, 0.29) is 34.8 Å². The zero-order valence-electron chi connectivity index (χ0n) is 17.5. The number of nitro benzene ring substituents is 1. The van der Waals surface area contributed by atoms with Gasteiger partial charge in [0.1, 0.15) is 5.58 Å². The van der Waals surface area contributed by atoms with Gasteiger partial charge in [0.05, 0.1) is 21.7 Å². The molecule has 5 rings (SSSR count). The Morgan fingerprint density at radius 3 is 2.42 bits per heavy atom. The zero-order chi connectivity index (χ0) is 23.3. The Labute approximate surface area is 187 Å². The van der Waals surface area contributed by atoms with Gasteiger partial charge in [-0.05, 0) is 30.3 Å². The maximum Gasteiger partial charge on any atom is 0.364 e. The molecule has 1 fully saturated rings. The predicted octanol–water partition coefficient (Wildman–Crippen LogP) is 2.10. The fourth-order valence-electron chi connectivity index (χ4n) is 4.11. The smallest absolute Gasteiger partial charge is 0.364 e. The van der Waals surface area contributed by atoms with E-state index in [0.29, 0.717) is 24.0 Å². The molecule has 0 unspecified atom stereocenters. The highest BCUT2D eigenvalue weighted by Gasteiger charge is 2.29. The Kier molecular flexibility index (Phi) is 4.91. The number of hydrogen-bond acceptors (Lipinski definition) is 8. The molecule has 4 aromatic rings. The van der Waals surface area contributed by atoms with E-state index in [4.69, 9.17) is 4.42 Å². The molecule has 1 saturated heterocycles. The van der Waals surface area contributed by atoms with Gasteiger partial charge < -0.3 is 13.9 Å². The van der Waals surface area contributed by atoms with E-state index >= 15 is 0 Å². The van der Waals surface area contributed by atoms with Gasteiger partial charge >= 0.3 is 5.63 Å². The van der Waals surface area contributed by atoms with Crippen molar-refractivity contribution in [3.05, 3.63) is 69.3 Å². The van der Waals surface area contributed by atoms with Crippen molar-refractivity contribution < 1.29 is 17.8 Å². The van der Waals surface area contributed by atoms with Gasteiger partial charge in [-0.2, -0.15) is 4.31 Å².